The van der Waals surface area contributed by atoms with Gasteiger partial charge < -0.3 is 15.1 Å². The number of anilines is 1. The summed E-state index contributed by atoms with van der Waals surface area (Å²) in [5.41, 5.74) is 8.08. The van der Waals surface area contributed by atoms with Crippen LogP contribution in [-0.2, 0) is 6.54 Å². The number of nitrogen functional groups attached to an aromatic ring is 1. The minimum Gasteiger partial charge on any atom is -0.464 e. The minimum absolute atomic E-state index is 0.0119. The van der Waals surface area contributed by atoms with Crippen molar-refractivity contribution in [2.45, 2.75) is 40.3 Å². The van der Waals surface area contributed by atoms with Gasteiger partial charge in [0, 0.05) is 17.3 Å². The highest BCUT2D eigenvalue weighted by molar-refractivity contribution is 5.95. The number of hydrogen-bond donors (Lipinski definition) is 1. The summed E-state index contributed by atoms with van der Waals surface area (Å²) in [6.45, 7) is 8.26. The third-order valence-corrected chi connectivity index (χ3v) is 3.52. The number of furan rings is 1. The number of aryl methyl sites for hydroxylation is 2. The smallest absolute Gasteiger partial charge is 0.254 e. The van der Waals surface area contributed by atoms with Gasteiger partial charge in [-0.25, -0.2) is 0 Å². The number of nitrogens with two attached hydrogens (primary N) is 1. The van der Waals surface area contributed by atoms with Gasteiger partial charge in [0.25, 0.3) is 5.91 Å². The van der Waals surface area contributed by atoms with Crippen molar-refractivity contribution < 1.29 is 9.21 Å². The zero-order chi connectivity index (χ0) is 15.6. The van der Waals surface area contributed by atoms with Crippen molar-refractivity contribution in [2.75, 3.05) is 5.73 Å². The van der Waals surface area contributed by atoms with Crippen LogP contribution >= 0.6 is 0 Å². The number of carbonyl (C=O) groups excluding carboxylic acids is 1. The van der Waals surface area contributed by atoms with Crippen LogP contribution in [0, 0.1) is 13.8 Å². The van der Waals surface area contributed by atoms with Crippen LogP contribution in [0.15, 0.2) is 34.7 Å². The highest BCUT2D eigenvalue weighted by atomic mass is 16.3. The first-order chi connectivity index (χ1) is 9.88. The molecule has 0 unspecified atom stereocenters. The van der Waals surface area contributed by atoms with Crippen LogP contribution in [0.3, 0.4) is 0 Å². The first-order valence-corrected chi connectivity index (χ1v) is 7.11. The molecule has 0 aliphatic carbocycles. The molecule has 21 heavy (non-hydrogen) atoms. The topological polar surface area (TPSA) is 59.5 Å². The minimum atomic E-state index is -0.0119. The Morgan fingerprint density at radius 3 is 2.48 bits per heavy atom. The van der Waals surface area contributed by atoms with E-state index in [0.717, 1.165) is 17.1 Å². The molecule has 0 radical (unpaired) electrons. The molecule has 112 valence electrons. The van der Waals surface area contributed by atoms with E-state index in [1.807, 2.05) is 45.9 Å². The zero-order valence-corrected chi connectivity index (χ0v) is 13.0. The number of benzene rings is 1. The summed E-state index contributed by atoms with van der Waals surface area (Å²) in [6.07, 6.45) is 0. The quantitative estimate of drug-likeness (QED) is 0.875. The Hall–Kier alpha value is -2.23. The molecule has 2 rings (SSSR count). The van der Waals surface area contributed by atoms with Gasteiger partial charge in [-0.15, -0.1) is 0 Å². The number of rotatable bonds is 4. The summed E-state index contributed by atoms with van der Waals surface area (Å²) in [5.74, 6) is 1.63. The normalized spacial score (nSPS) is 10.9. The molecule has 0 spiro atoms. The lowest BCUT2D eigenvalue weighted by Gasteiger charge is -2.26. The van der Waals surface area contributed by atoms with E-state index in [9.17, 15) is 4.79 Å². The Kier molecular flexibility index (Phi) is 4.36. The molecule has 2 aromatic rings. The van der Waals surface area contributed by atoms with E-state index >= 15 is 0 Å². The van der Waals surface area contributed by atoms with E-state index in [0.29, 0.717) is 17.8 Å². The molecule has 1 aromatic heterocycles. The summed E-state index contributed by atoms with van der Waals surface area (Å²) in [7, 11) is 0. The lowest BCUT2D eigenvalue weighted by Crippen LogP contribution is -2.36. The highest BCUT2D eigenvalue weighted by Crippen LogP contribution is 2.18. The average molecular weight is 286 g/mol. The maximum absolute atomic E-state index is 12.7. The fourth-order valence-corrected chi connectivity index (χ4v) is 2.20. The van der Waals surface area contributed by atoms with Gasteiger partial charge in [0.15, 0.2) is 0 Å². The summed E-state index contributed by atoms with van der Waals surface area (Å²) >= 11 is 0. The molecule has 0 saturated heterocycles. The first-order valence-electron chi connectivity index (χ1n) is 7.11. The maximum atomic E-state index is 12.7. The second kappa shape index (κ2) is 6.04. The molecule has 1 amide bonds. The van der Waals surface area contributed by atoms with Crippen LogP contribution in [0.4, 0.5) is 5.69 Å². The van der Waals surface area contributed by atoms with Crippen molar-refractivity contribution in [1.29, 1.82) is 0 Å². The molecular formula is C17H22N2O2. The third kappa shape index (κ3) is 3.45. The summed E-state index contributed by atoms with van der Waals surface area (Å²) < 4.78 is 5.58. The summed E-state index contributed by atoms with van der Waals surface area (Å²) in [4.78, 5) is 14.5. The molecule has 0 fully saturated rings. The van der Waals surface area contributed by atoms with Gasteiger partial charge in [0.05, 0.1) is 6.54 Å². The summed E-state index contributed by atoms with van der Waals surface area (Å²) in [5, 5.41) is 0. The van der Waals surface area contributed by atoms with Crippen molar-refractivity contribution in [1.82, 2.24) is 4.90 Å². The Morgan fingerprint density at radius 2 is 1.95 bits per heavy atom. The van der Waals surface area contributed by atoms with E-state index in [2.05, 4.69) is 0 Å². The van der Waals surface area contributed by atoms with Gasteiger partial charge in [-0.2, -0.15) is 0 Å². The molecule has 0 atom stereocenters. The standard InChI is InChI=1S/C17H22N2O2/c1-11(2)19(10-15-7-5-13(4)21-15)17(20)14-6-8-16(18)12(3)9-14/h5-9,11H,10,18H2,1-4H3. The van der Waals surface area contributed by atoms with Crippen LogP contribution < -0.4 is 5.73 Å². The van der Waals surface area contributed by atoms with Crippen molar-refractivity contribution in [2.24, 2.45) is 0 Å². The van der Waals surface area contributed by atoms with E-state index in [1.165, 1.54) is 0 Å². The van der Waals surface area contributed by atoms with Crippen LogP contribution in [0.1, 0.15) is 41.3 Å². The van der Waals surface area contributed by atoms with Crippen LogP contribution in [0.5, 0.6) is 0 Å². The lowest BCUT2D eigenvalue weighted by molar-refractivity contribution is 0.0675. The van der Waals surface area contributed by atoms with Crippen molar-refractivity contribution in [3.8, 4) is 0 Å². The molecule has 4 nitrogen and oxygen atoms in total. The second-order valence-electron chi connectivity index (χ2n) is 5.61. The largest absolute Gasteiger partial charge is 0.464 e. The number of carbonyl (C=O) groups is 1. The molecular weight excluding hydrogens is 264 g/mol. The van der Waals surface area contributed by atoms with Gasteiger partial charge >= 0.3 is 0 Å². The van der Waals surface area contributed by atoms with E-state index in [-0.39, 0.29) is 11.9 Å². The zero-order valence-electron chi connectivity index (χ0n) is 13.0. The molecule has 2 N–H and O–H groups in total. The monoisotopic (exact) mass is 286 g/mol. The highest BCUT2D eigenvalue weighted by Gasteiger charge is 2.20. The Labute approximate surface area is 125 Å². The maximum Gasteiger partial charge on any atom is 0.254 e. The van der Waals surface area contributed by atoms with E-state index < -0.39 is 0 Å². The number of nitrogens with zero attached hydrogens (tertiary/aromatic N) is 1. The van der Waals surface area contributed by atoms with Gasteiger partial charge in [-0.1, -0.05) is 0 Å². The fraction of sp³-hybridized carbons (Fsp3) is 0.353. The molecule has 1 heterocycles. The van der Waals surface area contributed by atoms with Crippen molar-refractivity contribution in [3.63, 3.8) is 0 Å². The summed E-state index contributed by atoms with van der Waals surface area (Å²) in [6, 6.07) is 9.28. The molecule has 4 heteroatoms. The van der Waals surface area contributed by atoms with Gasteiger partial charge in [-0.3, -0.25) is 4.79 Å². The van der Waals surface area contributed by atoms with E-state index in [4.69, 9.17) is 10.2 Å². The fourth-order valence-electron chi connectivity index (χ4n) is 2.20. The molecule has 0 bridgehead atoms. The third-order valence-electron chi connectivity index (χ3n) is 3.52. The van der Waals surface area contributed by atoms with Gasteiger partial charge in [0.1, 0.15) is 11.5 Å². The first kappa shape index (κ1) is 15.2. The van der Waals surface area contributed by atoms with Crippen LogP contribution in [-0.4, -0.2) is 16.8 Å². The number of amides is 1. The molecule has 0 aliphatic heterocycles. The molecule has 1 aromatic carbocycles. The Bertz CT molecular complexity index is 644. The van der Waals surface area contributed by atoms with Crippen LogP contribution in [0.2, 0.25) is 0 Å². The van der Waals surface area contributed by atoms with Crippen molar-refractivity contribution in [3.05, 3.63) is 53.0 Å². The lowest BCUT2D eigenvalue weighted by atomic mass is 10.1. The average Bonchev–Trinajstić information content (AvgIpc) is 2.83. The Balaban J connectivity index is 2.24. The Morgan fingerprint density at radius 1 is 1.24 bits per heavy atom. The van der Waals surface area contributed by atoms with Gasteiger partial charge in [0.2, 0.25) is 0 Å². The van der Waals surface area contributed by atoms with E-state index in [1.54, 1.807) is 17.0 Å². The molecule has 0 aliphatic rings. The second-order valence-corrected chi connectivity index (χ2v) is 5.61. The van der Waals surface area contributed by atoms with Crippen LogP contribution in [0.25, 0.3) is 0 Å². The SMILES string of the molecule is Cc1ccc(CN(C(=O)c2ccc(N)c(C)c2)C(C)C)o1. The molecule has 0 saturated carbocycles. The predicted octanol–water partition coefficient (Wildman–Crippen LogP) is 3.53. The van der Waals surface area contributed by atoms with Crippen molar-refractivity contribution >= 4 is 11.6 Å². The number of hydrogen-bond acceptors (Lipinski definition) is 3. The predicted molar refractivity (Wildman–Crippen MR) is 84.0 cm³/mol. The van der Waals surface area contributed by atoms with Gasteiger partial charge in [-0.05, 0) is 63.6 Å².